The molecule has 0 rings (SSSR count). The van der Waals surface area contributed by atoms with Crippen molar-refractivity contribution in [1.82, 2.24) is 0 Å². The Kier molecular flexibility index (Phi) is 3.86. The Morgan fingerprint density at radius 1 is 1.60 bits per heavy atom. The Labute approximate surface area is 62.2 Å². The van der Waals surface area contributed by atoms with Crippen molar-refractivity contribution < 1.29 is 9.84 Å². The van der Waals surface area contributed by atoms with Gasteiger partial charge in [0.25, 0.3) is 0 Å². The molecule has 10 heavy (non-hydrogen) atoms. The fourth-order valence-electron chi connectivity index (χ4n) is 0.410. The standard InChI is InChI=1S/C7H17NO2/c1-6(4-9)10-5-7(2,3)8/h6,9H,4-5,8H2,1-3H3. The molecule has 0 fully saturated rings. The Bertz CT molecular complexity index is 88.1. The molecular weight excluding hydrogens is 130 g/mol. The topological polar surface area (TPSA) is 55.5 Å². The molecule has 3 heteroatoms. The van der Waals surface area contributed by atoms with Gasteiger partial charge >= 0.3 is 0 Å². The first-order valence-electron chi connectivity index (χ1n) is 3.47. The van der Waals surface area contributed by atoms with Crippen LogP contribution < -0.4 is 5.73 Å². The molecular formula is C7H17NO2. The van der Waals surface area contributed by atoms with E-state index in [-0.39, 0.29) is 18.2 Å². The average molecular weight is 147 g/mol. The average Bonchev–Trinajstić information content (AvgIpc) is 1.81. The van der Waals surface area contributed by atoms with Gasteiger partial charge in [0, 0.05) is 5.54 Å². The number of aliphatic hydroxyl groups excluding tert-OH is 1. The molecule has 0 aromatic rings. The molecule has 0 bridgehead atoms. The van der Waals surface area contributed by atoms with Crippen molar-refractivity contribution in [2.45, 2.75) is 32.4 Å². The molecule has 0 spiro atoms. The van der Waals surface area contributed by atoms with Gasteiger partial charge in [-0.25, -0.2) is 0 Å². The molecule has 62 valence electrons. The van der Waals surface area contributed by atoms with Crippen LogP contribution in [0, 0.1) is 0 Å². The van der Waals surface area contributed by atoms with Gasteiger partial charge in [0.05, 0.1) is 19.3 Å². The van der Waals surface area contributed by atoms with Gasteiger partial charge in [0.15, 0.2) is 0 Å². The number of nitrogens with two attached hydrogens (primary N) is 1. The summed E-state index contributed by atoms with van der Waals surface area (Å²) in [5.74, 6) is 0. The summed E-state index contributed by atoms with van der Waals surface area (Å²) in [6, 6.07) is 0. The van der Waals surface area contributed by atoms with Crippen molar-refractivity contribution >= 4 is 0 Å². The van der Waals surface area contributed by atoms with E-state index in [2.05, 4.69) is 0 Å². The van der Waals surface area contributed by atoms with Gasteiger partial charge in [-0.2, -0.15) is 0 Å². The molecule has 3 N–H and O–H groups in total. The Hall–Kier alpha value is -0.120. The molecule has 0 aromatic carbocycles. The van der Waals surface area contributed by atoms with E-state index >= 15 is 0 Å². The van der Waals surface area contributed by atoms with E-state index in [4.69, 9.17) is 15.6 Å². The summed E-state index contributed by atoms with van der Waals surface area (Å²) in [5.41, 5.74) is 5.33. The zero-order valence-electron chi connectivity index (χ0n) is 6.92. The summed E-state index contributed by atoms with van der Waals surface area (Å²) >= 11 is 0. The summed E-state index contributed by atoms with van der Waals surface area (Å²) in [6.07, 6.45) is -0.108. The van der Waals surface area contributed by atoms with E-state index in [0.717, 1.165) is 0 Å². The molecule has 0 radical (unpaired) electrons. The van der Waals surface area contributed by atoms with Crippen LogP contribution in [0.3, 0.4) is 0 Å². The summed E-state index contributed by atoms with van der Waals surface area (Å²) < 4.78 is 5.18. The molecule has 0 saturated carbocycles. The predicted molar refractivity (Wildman–Crippen MR) is 40.8 cm³/mol. The maximum absolute atomic E-state index is 8.57. The van der Waals surface area contributed by atoms with Gasteiger partial charge in [0.2, 0.25) is 0 Å². The minimum Gasteiger partial charge on any atom is -0.394 e. The SMILES string of the molecule is CC(CO)OCC(C)(C)N. The first-order chi connectivity index (χ1) is 4.45. The van der Waals surface area contributed by atoms with E-state index in [1.165, 1.54) is 0 Å². The second-order valence-electron chi connectivity index (χ2n) is 3.29. The minimum absolute atomic E-state index is 0.0517. The van der Waals surface area contributed by atoms with E-state index in [0.29, 0.717) is 6.61 Å². The van der Waals surface area contributed by atoms with Gasteiger partial charge in [-0.05, 0) is 20.8 Å². The largest absolute Gasteiger partial charge is 0.394 e. The van der Waals surface area contributed by atoms with E-state index in [1.54, 1.807) is 0 Å². The molecule has 0 heterocycles. The third-order valence-corrected chi connectivity index (χ3v) is 0.997. The maximum atomic E-state index is 8.57. The maximum Gasteiger partial charge on any atom is 0.0778 e. The van der Waals surface area contributed by atoms with E-state index in [1.807, 2.05) is 20.8 Å². The first-order valence-corrected chi connectivity index (χ1v) is 3.47. The second kappa shape index (κ2) is 3.91. The Morgan fingerprint density at radius 2 is 2.10 bits per heavy atom. The number of hydrogen-bond acceptors (Lipinski definition) is 3. The highest BCUT2D eigenvalue weighted by Gasteiger charge is 2.12. The third-order valence-electron chi connectivity index (χ3n) is 0.997. The van der Waals surface area contributed by atoms with Crippen LogP contribution in [0.5, 0.6) is 0 Å². The summed E-state index contributed by atoms with van der Waals surface area (Å²) in [4.78, 5) is 0. The van der Waals surface area contributed by atoms with Crippen molar-refractivity contribution in [2.75, 3.05) is 13.2 Å². The molecule has 1 atom stereocenters. The molecule has 0 aliphatic carbocycles. The van der Waals surface area contributed by atoms with Crippen LogP contribution in [0.4, 0.5) is 0 Å². The van der Waals surface area contributed by atoms with Crippen LogP contribution in [-0.4, -0.2) is 30.0 Å². The molecule has 3 nitrogen and oxygen atoms in total. The van der Waals surface area contributed by atoms with Crippen molar-refractivity contribution in [1.29, 1.82) is 0 Å². The summed E-state index contributed by atoms with van der Waals surface area (Å²) in [5, 5.41) is 8.57. The highest BCUT2D eigenvalue weighted by molar-refractivity contribution is 4.70. The van der Waals surface area contributed by atoms with Crippen molar-refractivity contribution in [2.24, 2.45) is 5.73 Å². The molecule has 0 saturated heterocycles. The van der Waals surface area contributed by atoms with Crippen molar-refractivity contribution in [3.8, 4) is 0 Å². The van der Waals surface area contributed by atoms with Crippen LogP contribution in [0.1, 0.15) is 20.8 Å². The Morgan fingerprint density at radius 3 is 2.40 bits per heavy atom. The molecule has 0 aromatic heterocycles. The van der Waals surface area contributed by atoms with Gasteiger partial charge in [0.1, 0.15) is 0 Å². The predicted octanol–water partition coefficient (Wildman–Crippen LogP) is 0.121. The van der Waals surface area contributed by atoms with Gasteiger partial charge in [-0.15, -0.1) is 0 Å². The normalized spacial score (nSPS) is 15.3. The van der Waals surface area contributed by atoms with Gasteiger partial charge < -0.3 is 15.6 Å². The van der Waals surface area contributed by atoms with Crippen molar-refractivity contribution in [3.63, 3.8) is 0 Å². The fraction of sp³-hybridized carbons (Fsp3) is 1.00. The molecule has 1 unspecified atom stereocenters. The zero-order valence-corrected chi connectivity index (χ0v) is 6.92. The number of aliphatic hydroxyl groups is 1. The summed E-state index contributed by atoms with van der Waals surface area (Å²) in [6.45, 7) is 6.12. The monoisotopic (exact) mass is 147 g/mol. The van der Waals surface area contributed by atoms with Crippen molar-refractivity contribution in [3.05, 3.63) is 0 Å². The fourth-order valence-corrected chi connectivity index (χ4v) is 0.410. The lowest BCUT2D eigenvalue weighted by Crippen LogP contribution is -2.39. The Balaban J connectivity index is 3.36. The first kappa shape index (κ1) is 9.88. The number of ether oxygens (including phenoxy) is 1. The molecule has 0 aliphatic rings. The van der Waals surface area contributed by atoms with Crippen LogP contribution in [0.2, 0.25) is 0 Å². The number of rotatable bonds is 4. The van der Waals surface area contributed by atoms with Gasteiger partial charge in [-0.1, -0.05) is 0 Å². The van der Waals surface area contributed by atoms with Crippen LogP contribution in [0.15, 0.2) is 0 Å². The third kappa shape index (κ3) is 6.01. The lowest BCUT2D eigenvalue weighted by molar-refractivity contribution is 0.00537. The van der Waals surface area contributed by atoms with E-state index < -0.39 is 0 Å². The lowest BCUT2D eigenvalue weighted by atomic mass is 10.1. The summed E-state index contributed by atoms with van der Waals surface area (Å²) in [7, 11) is 0. The zero-order chi connectivity index (χ0) is 8.20. The quantitative estimate of drug-likeness (QED) is 0.594. The number of hydrogen-bond donors (Lipinski definition) is 2. The van der Waals surface area contributed by atoms with Crippen LogP contribution in [0.25, 0.3) is 0 Å². The van der Waals surface area contributed by atoms with E-state index in [9.17, 15) is 0 Å². The second-order valence-corrected chi connectivity index (χ2v) is 3.29. The molecule has 0 amide bonds. The highest BCUT2D eigenvalue weighted by Crippen LogP contribution is 1.99. The highest BCUT2D eigenvalue weighted by atomic mass is 16.5. The minimum atomic E-state index is -0.302. The smallest absolute Gasteiger partial charge is 0.0778 e. The van der Waals surface area contributed by atoms with Gasteiger partial charge in [-0.3, -0.25) is 0 Å². The molecule has 0 aliphatic heterocycles. The lowest BCUT2D eigenvalue weighted by Gasteiger charge is -2.20. The van der Waals surface area contributed by atoms with Crippen LogP contribution in [-0.2, 0) is 4.74 Å². The van der Waals surface area contributed by atoms with Crippen LogP contribution >= 0.6 is 0 Å².